The van der Waals surface area contributed by atoms with E-state index >= 15 is 0 Å². The van der Waals surface area contributed by atoms with Crippen molar-refractivity contribution in [2.75, 3.05) is 12.4 Å². The molecule has 2 N–H and O–H groups in total. The van der Waals surface area contributed by atoms with Gasteiger partial charge in [-0.15, -0.1) is 0 Å². The number of nitrogens with one attached hydrogen (secondary N) is 2. The van der Waals surface area contributed by atoms with Crippen molar-refractivity contribution in [3.63, 3.8) is 0 Å². The van der Waals surface area contributed by atoms with Crippen LogP contribution in [-0.4, -0.2) is 13.1 Å². The van der Waals surface area contributed by atoms with E-state index in [0.29, 0.717) is 5.75 Å². The van der Waals surface area contributed by atoms with Crippen LogP contribution in [-0.2, 0) is 6.18 Å². The third kappa shape index (κ3) is 4.65. The number of alkyl halides is 3. The smallest absolute Gasteiger partial charge is 0.416 e. The lowest BCUT2D eigenvalue weighted by molar-refractivity contribution is -0.137. The Morgan fingerprint density at radius 2 is 1.83 bits per heavy atom. The van der Waals surface area contributed by atoms with E-state index in [4.69, 9.17) is 4.74 Å². The van der Waals surface area contributed by atoms with Crippen molar-refractivity contribution in [3.8, 4) is 5.75 Å². The van der Waals surface area contributed by atoms with Gasteiger partial charge >= 0.3 is 12.2 Å². The molecule has 4 nitrogen and oxygen atoms in total. The highest BCUT2D eigenvalue weighted by atomic mass is 19.4. The second-order valence-electron chi connectivity index (χ2n) is 5.18. The molecule has 2 aromatic rings. The second kappa shape index (κ2) is 7.25. The summed E-state index contributed by atoms with van der Waals surface area (Å²) in [6.45, 7) is 1.76. The van der Waals surface area contributed by atoms with Crippen molar-refractivity contribution in [1.29, 1.82) is 0 Å². The fraction of sp³-hybridized carbons (Fsp3) is 0.235. The highest BCUT2D eigenvalue weighted by Gasteiger charge is 2.30. The summed E-state index contributed by atoms with van der Waals surface area (Å²) in [5.41, 5.74) is 0.0647. The second-order valence-corrected chi connectivity index (χ2v) is 5.18. The van der Waals surface area contributed by atoms with Gasteiger partial charge in [0.1, 0.15) is 5.75 Å². The lowest BCUT2D eigenvalue weighted by Crippen LogP contribution is -2.31. The standard InChI is InChI=1S/C17H17F3N2O2/c1-11(12-5-3-8-15(9-12)24-2)21-16(23)22-14-7-4-6-13(10-14)17(18,19)20/h3-11H,1-2H3,(H2,21,22,23)/t11-/m0/s1. The highest BCUT2D eigenvalue weighted by molar-refractivity contribution is 5.89. The minimum Gasteiger partial charge on any atom is -0.497 e. The van der Waals surface area contributed by atoms with Gasteiger partial charge in [0.15, 0.2) is 0 Å². The molecule has 0 spiro atoms. The predicted octanol–water partition coefficient (Wildman–Crippen LogP) is 4.60. The minimum atomic E-state index is -4.46. The van der Waals surface area contributed by atoms with Crippen molar-refractivity contribution >= 4 is 11.7 Å². The van der Waals surface area contributed by atoms with Crippen LogP contribution in [0.15, 0.2) is 48.5 Å². The Morgan fingerprint density at radius 3 is 2.50 bits per heavy atom. The fourth-order valence-corrected chi connectivity index (χ4v) is 2.13. The van der Waals surface area contributed by atoms with Gasteiger partial charge in [0.25, 0.3) is 0 Å². The van der Waals surface area contributed by atoms with E-state index in [1.807, 2.05) is 6.07 Å². The maximum absolute atomic E-state index is 12.7. The SMILES string of the molecule is COc1cccc([C@H](C)NC(=O)Nc2cccc(C(F)(F)F)c2)c1. The van der Waals surface area contributed by atoms with Crippen LogP contribution < -0.4 is 15.4 Å². The third-order valence-corrected chi connectivity index (χ3v) is 3.39. The molecular formula is C17H17F3N2O2. The third-order valence-electron chi connectivity index (χ3n) is 3.39. The number of benzene rings is 2. The zero-order valence-corrected chi connectivity index (χ0v) is 13.1. The molecule has 0 aliphatic heterocycles. The number of hydrogen-bond donors (Lipinski definition) is 2. The average molecular weight is 338 g/mol. The van der Waals surface area contributed by atoms with Crippen molar-refractivity contribution in [3.05, 3.63) is 59.7 Å². The van der Waals surface area contributed by atoms with Gasteiger partial charge in [0.05, 0.1) is 18.7 Å². The number of ether oxygens (including phenoxy) is 1. The van der Waals surface area contributed by atoms with Gasteiger partial charge in [-0.3, -0.25) is 0 Å². The molecule has 2 aromatic carbocycles. The lowest BCUT2D eigenvalue weighted by Gasteiger charge is -2.16. The Balaban J connectivity index is 2.02. The van der Waals surface area contributed by atoms with E-state index < -0.39 is 17.8 Å². The Bertz CT molecular complexity index is 717. The van der Waals surface area contributed by atoms with E-state index in [1.54, 1.807) is 25.1 Å². The first-order valence-electron chi connectivity index (χ1n) is 7.18. The van der Waals surface area contributed by atoms with Gasteiger partial charge in [-0.1, -0.05) is 18.2 Å². The fourth-order valence-electron chi connectivity index (χ4n) is 2.13. The number of rotatable bonds is 4. The summed E-state index contributed by atoms with van der Waals surface area (Å²) < 4.78 is 43.1. The van der Waals surface area contributed by atoms with Crippen LogP contribution in [0.1, 0.15) is 24.1 Å². The van der Waals surface area contributed by atoms with E-state index in [-0.39, 0.29) is 11.7 Å². The summed E-state index contributed by atoms with van der Waals surface area (Å²) >= 11 is 0. The number of urea groups is 1. The Morgan fingerprint density at radius 1 is 1.12 bits per heavy atom. The molecule has 0 aromatic heterocycles. The van der Waals surface area contributed by atoms with Gasteiger partial charge in [0.2, 0.25) is 0 Å². The van der Waals surface area contributed by atoms with Crippen LogP contribution in [0, 0.1) is 0 Å². The first kappa shape index (κ1) is 17.7. The maximum Gasteiger partial charge on any atom is 0.416 e. The first-order valence-corrected chi connectivity index (χ1v) is 7.18. The quantitative estimate of drug-likeness (QED) is 0.856. The topological polar surface area (TPSA) is 50.4 Å². The average Bonchev–Trinajstić information content (AvgIpc) is 2.54. The predicted molar refractivity (Wildman–Crippen MR) is 85.0 cm³/mol. The van der Waals surface area contributed by atoms with Crippen molar-refractivity contribution in [1.82, 2.24) is 5.32 Å². The number of hydrogen-bond acceptors (Lipinski definition) is 2. The molecule has 0 heterocycles. The molecule has 0 fully saturated rings. The number of carbonyl (C=O) groups excluding carboxylic acids is 1. The van der Waals surface area contributed by atoms with Crippen molar-refractivity contribution in [2.45, 2.75) is 19.1 Å². The van der Waals surface area contributed by atoms with Crippen molar-refractivity contribution < 1.29 is 22.7 Å². The summed E-state index contributed by atoms with van der Waals surface area (Å²) in [6, 6.07) is 10.7. The molecular weight excluding hydrogens is 321 g/mol. The van der Waals surface area contributed by atoms with E-state index in [1.165, 1.54) is 19.2 Å². The van der Waals surface area contributed by atoms with E-state index in [9.17, 15) is 18.0 Å². The normalized spacial score (nSPS) is 12.4. The van der Waals surface area contributed by atoms with Crippen LogP contribution in [0.2, 0.25) is 0 Å². The monoisotopic (exact) mass is 338 g/mol. The number of anilines is 1. The van der Waals surface area contributed by atoms with Gasteiger partial charge in [-0.2, -0.15) is 13.2 Å². The van der Waals surface area contributed by atoms with E-state index in [2.05, 4.69) is 10.6 Å². The molecule has 2 amide bonds. The summed E-state index contributed by atoms with van der Waals surface area (Å²) in [5.74, 6) is 0.652. The molecule has 1 atom stereocenters. The van der Waals surface area contributed by atoms with E-state index in [0.717, 1.165) is 17.7 Å². The molecule has 128 valence electrons. The van der Waals surface area contributed by atoms with Crippen molar-refractivity contribution in [2.24, 2.45) is 0 Å². The molecule has 0 unspecified atom stereocenters. The first-order chi connectivity index (χ1) is 11.3. The van der Waals surface area contributed by atoms with Gasteiger partial charge < -0.3 is 15.4 Å². The summed E-state index contributed by atoms with van der Waals surface area (Å²) in [7, 11) is 1.54. The molecule has 0 saturated heterocycles. The van der Waals surface area contributed by atoms with Crippen LogP contribution >= 0.6 is 0 Å². The molecule has 7 heteroatoms. The molecule has 0 aliphatic rings. The molecule has 0 saturated carbocycles. The molecule has 0 bridgehead atoms. The number of amides is 2. The minimum absolute atomic E-state index is 0.0696. The van der Waals surface area contributed by atoms with Crippen LogP contribution in [0.5, 0.6) is 5.75 Å². The van der Waals surface area contributed by atoms with Crippen LogP contribution in [0.25, 0.3) is 0 Å². The zero-order valence-electron chi connectivity index (χ0n) is 13.1. The number of carbonyl (C=O) groups is 1. The summed E-state index contributed by atoms with van der Waals surface area (Å²) in [5, 5.41) is 5.07. The molecule has 24 heavy (non-hydrogen) atoms. The Labute approximate surface area is 137 Å². The van der Waals surface area contributed by atoms with Gasteiger partial charge in [-0.25, -0.2) is 4.79 Å². The van der Waals surface area contributed by atoms with Gasteiger partial charge in [-0.05, 0) is 42.8 Å². The Kier molecular flexibility index (Phi) is 5.33. The highest BCUT2D eigenvalue weighted by Crippen LogP contribution is 2.30. The molecule has 0 radical (unpaired) electrons. The zero-order chi connectivity index (χ0) is 17.7. The lowest BCUT2D eigenvalue weighted by atomic mass is 10.1. The Hall–Kier alpha value is -2.70. The maximum atomic E-state index is 12.7. The number of methoxy groups -OCH3 is 1. The summed E-state index contributed by atoms with van der Waals surface area (Å²) in [4.78, 5) is 12.0. The molecule has 0 aliphatic carbocycles. The van der Waals surface area contributed by atoms with Crippen LogP contribution in [0.3, 0.4) is 0 Å². The summed E-state index contributed by atoms with van der Waals surface area (Å²) in [6.07, 6.45) is -4.46. The number of halogens is 3. The van der Waals surface area contributed by atoms with Crippen LogP contribution in [0.4, 0.5) is 23.7 Å². The largest absolute Gasteiger partial charge is 0.497 e. The molecule has 2 rings (SSSR count). The van der Waals surface area contributed by atoms with Gasteiger partial charge in [0, 0.05) is 5.69 Å².